The van der Waals surface area contributed by atoms with Crippen molar-refractivity contribution in [3.63, 3.8) is 0 Å². The van der Waals surface area contributed by atoms with Crippen molar-refractivity contribution in [3.05, 3.63) is 47.8 Å². The normalized spacial score (nSPS) is 11.8. The molecule has 0 radical (unpaired) electrons. The summed E-state index contributed by atoms with van der Waals surface area (Å²) in [5, 5.41) is 12.3. The third-order valence-electron chi connectivity index (χ3n) is 2.26. The van der Waals surface area contributed by atoms with E-state index in [4.69, 9.17) is 5.11 Å². The topological polar surface area (TPSA) is 38.0 Å². The quantitative estimate of drug-likeness (QED) is 0.878. The summed E-state index contributed by atoms with van der Waals surface area (Å²) in [6.07, 6.45) is -3.19. The maximum Gasteiger partial charge on any atom is 0.435 e. The van der Waals surface area contributed by atoms with Crippen molar-refractivity contribution >= 4 is 0 Å². The van der Waals surface area contributed by atoms with Gasteiger partial charge in [0.15, 0.2) is 5.69 Å². The fraction of sp³-hybridized carbons (Fsp3) is 0.182. The Hall–Kier alpha value is -1.82. The van der Waals surface area contributed by atoms with E-state index in [1.165, 1.54) is 6.20 Å². The van der Waals surface area contributed by atoms with Gasteiger partial charge in [-0.25, -0.2) is 4.68 Å². The SMILES string of the molecule is OCc1ccc(-n2ccc(C(F)(F)F)n2)cc1. The van der Waals surface area contributed by atoms with Crippen LogP contribution in [0.3, 0.4) is 0 Å². The van der Waals surface area contributed by atoms with Gasteiger partial charge in [-0.15, -0.1) is 0 Å². The number of halogens is 3. The minimum absolute atomic E-state index is 0.104. The van der Waals surface area contributed by atoms with E-state index in [2.05, 4.69) is 5.10 Å². The Labute approximate surface area is 95.1 Å². The van der Waals surface area contributed by atoms with Crippen LogP contribution in [0.2, 0.25) is 0 Å². The Morgan fingerprint density at radius 3 is 2.24 bits per heavy atom. The molecule has 0 saturated carbocycles. The molecule has 90 valence electrons. The Morgan fingerprint density at radius 2 is 1.76 bits per heavy atom. The summed E-state index contributed by atoms with van der Waals surface area (Å²) >= 11 is 0. The Bertz CT molecular complexity index is 502. The number of aliphatic hydroxyl groups is 1. The van der Waals surface area contributed by atoms with Crippen LogP contribution in [0.1, 0.15) is 11.3 Å². The highest BCUT2D eigenvalue weighted by Gasteiger charge is 2.33. The molecule has 1 heterocycles. The van der Waals surface area contributed by atoms with E-state index in [0.29, 0.717) is 11.3 Å². The van der Waals surface area contributed by atoms with E-state index in [1.807, 2.05) is 0 Å². The van der Waals surface area contributed by atoms with Crippen LogP contribution in [0.15, 0.2) is 36.5 Å². The highest BCUT2D eigenvalue weighted by Crippen LogP contribution is 2.27. The second-order valence-electron chi connectivity index (χ2n) is 3.47. The van der Waals surface area contributed by atoms with E-state index in [9.17, 15) is 13.2 Å². The molecule has 0 saturated heterocycles. The first-order valence-electron chi connectivity index (χ1n) is 4.84. The molecular formula is C11H9F3N2O. The number of benzene rings is 1. The van der Waals surface area contributed by atoms with Gasteiger partial charge in [-0.05, 0) is 23.8 Å². The molecule has 0 aliphatic heterocycles. The third-order valence-corrected chi connectivity index (χ3v) is 2.26. The molecule has 1 aromatic carbocycles. The zero-order valence-corrected chi connectivity index (χ0v) is 8.65. The van der Waals surface area contributed by atoms with Gasteiger partial charge in [0, 0.05) is 6.20 Å². The first-order valence-corrected chi connectivity index (χ1v) is 4.84. The van der Waals surface area contributed by atoms with Crippen LogP contribution in [0.25, 0.3) is 5.69 Å². The lowest BCUT2D eigenvalue weighted by molar-refractivity contribution is -0.141. The molecule has 0 fully saturated rings. The van der Waals surface area contributed by atoms with Gasteiger partial charge in [0.2, 0.25) is 0 Å². The van der Waals surface area contributed by atoms with Crippen molar-refractivity contribution in [2.24, 2.45) is 0 Å². The summed E-state index contributed by atoms with van der Waals surface area (Å²) in [5.74, 6) is 0. The molecule has 0 spiro atoms. The molecule has 0 aliphatic carbocycles. The van der Waals surface area contributed by atoms with Gasteiger partial charge in [-0.2, -0.15) is 18.3 Å². The lowest BCUT2D eigenvalue weighted by Crippen LogP contribution is -2.07. The minimum Gasteiger partial charge on any atom is -0.392 e. The van der Waals surface area contributed by atoms with Crippen molar-refractivity contribution in [2.75, 3.05) is 0 Å². The molecule has 6 heteroatoms. The van der Waals surface area contributed by atoms with Crippen molar-refractivity contribution in [3.8, 4) is 5.69 Å². The fourth-order valence-corrected chi connectivity index (χ4v) is 1.37. The Morgan fingerprint density at radius 1 is 1.12 bits per heavy atom. The smallest absolute Gasteiger partial charge is 0.392 e. The maximum atomic E-state index is 12.3. The molecule has 1 aromatic heterocycles. The molecule has 1 N–H and O–H groups in total. The van der Waals surface area contributed by atoms with Crippen molar-refractivity contribution in [2.45, 2.75) is 12.8 Å². The second kappa shape index (κ2) is 4.21. The predicted octanol–water partition coefficient (Wildman–Crippen LogP) is 2.38. The van der Waals surface area contributed by atoms with Gasteiger partial charge in [-0.1, -0.05) is 12.1 Å². The van der Waals surface area contributed by atoms with Crippen LogP contribution in [0.4, 0.5) is 13.2 Å². The third kappa shape index (κ3) is 2.47. The summed E-state index contributed by atoms with van der Waals surface area (Å²) in [4.78, 5) is 0. The van der Waals surface area contributed by atoms with Crippen LogP contribution in [-0.2, 0) is 12.8 Å². The van der Waals surface area contributed by atoms with Gasteiger partial charge >= 0.3 is 6.18 Å². The van der Waals surface area contributed by atoms with Gasteiger partial charge in [-0.3, -0.25) is 0 Å². The van der Waals surface area contributed by atoms with Crippen LogP contribution < -0.4 is 0 Å². The number of hydrogen-bond acceptors (Lipinski definition) is 2. The average molecular weight is 242 g/mol. The van der Waals surface area contributed by atoms with Crippen LogP contribution in [0.5, 0.6) is 0 Å². The largest absolute Gasteiger partial charge is 0.435 e. The monoisotopic (exact) mass is 242 g/mol. The Kier molecular flexibility index (Phi) is 2.89. The van der Waals surface area contributed by atoms with Crippen molar-refractivity contribution in [1.29, 1.82) is 0 Å². The Balaban J connectivity index is 2.30. The summed E-state index contributed by atoms with van der Waals surface area (Å²) < 4.78 is 38.1. The summed E-state index contributed by atoms with van der Waals surface area (Å²) in [6.45, 7) is -0.104. The number of hydrogen-bond donors (Lipinski definition) is 1. The number of aromatic nitrogens is 2. The molecule has 0 amide bonds. The van der Waals surface area contributed by atoms with E-state index in [-0.39, 0.29) is 6.61 Å². The summed E-state index contributed by atoms with van der Waals surface area (Å²) in [7, 11) is 0. The number of rotatable bonds is 2. The fourth-order valence-electron chi connectivity index (χ4n) is 1.37. The first kappa shape index (κ1) is 11.7. The van der Waals surface area contributed by atoms with E-state index in [1.54, 1.807) is 24.3 Å². The zero-order chi connectivity index (χ0) is 12.5. The number of aliphatic hydroxyl groups excluding tert-OH is 1. The summed E-state index contributed by atoms with van der Waals surface area (Å²) in [6, 6.07) is 7.37. The van der Waals surface area contributed by atoms with E-state index < -0.39 is 11.9 Å². The molecule has 3 nitrogen and oxygen atoms in total. The van der Waals surface area contributed by atoms with E-state index in [0.717, 1.165) is 10.7 Å². The molecule has 0 unspecified atom stereocenters. The lowest BCUT2D eigenvalue weighted by atomic mass is 10.2. The van der Waals surface area contributed by atoms with Gasteiger partial charge < -0.3 is 5.11 Å². The molecule has 2 rings (SSSR count). The molecule has 0 aliphatic rings. The zero-order valence-electron chi connectivity index (χ0n) is 8.65. The standard InChI is InChI=1S/C11H9F3N2O/c12-11(13,14)10-5-6-16(15-10)9-3-1-8(7-17)2-4-9/h1-6,17H,7H2. The van der Waals surface area contributed by atoms with Crippen LogP contribution in [0, 0.1) is 0 Å². The first-order chi connectivity index (χ1) is 8.00. The average Bonchev–Trinajstić information content (AvgIpc) is 2.78. The highest BCUT2D eigenvalue weighted by atomic mass is 19.4. The minimum atomic E-state index is -4.43. The van der Waals surface area contributed by atoms with Crippen LogP contribution in [-0.4, -0.2) is 14.9 Å². The molecule has 0 bridgehead atoms. The molecule has 2 aromatic rings. The van der Waals surface area contributed by atoms with Crippen molar-refractivity contribution < 1.29 is 18.3 Å². The van der Waals surface area contributed by atoms with Gasteiger partial charge in [0.05, 0.1) is 12.3 Å². The second-order valence-corrected chi connectivity index (χ2v) is 3.47. The maximum absolute atomic E-state index is 12.3. The predicted molar refractivity (Wildman–Crippen MR) is 54.5 cm³/mol. The van der Waals surface area contributed by atoms with Crippen molar-refractivity contribution in [1.82, 2.24) is 9.78 Å². The number of alkyl halides is 3. The van der Waals surface area contributed by atoms with Crippen LogP contribution >= 0.6 is 0 Å². The summed E-state index contributed by atoms with van der Waals surface area (Å²) in [5.41, 5.74) is 0.276. The van der Waals surface area contributed by atoms with Gasteiger partial charge in [0.25, 0.3) is 0 Å². The lowest BCUT2D eigenvalue weighted by Gasteiger charge is -2.03. The number of nitrogens with zero attached hydrogens (tertiary/aromatic N) is 2. The molecular weight excluding hydrogens is 233 g/mol. The highest BCUT2D eigenvalue weighted by molar-refractivity contribution is 5.34. The molecule has 17 heavy (non-hydrogen) atoms. The van der Waals surface area contributed by atoms with E-state index >= 15 is 0 Å². The molecule has 0 atom stereocenters. The van der Waals surface area contributed by atoms with Gasteiger partial charge in [0.1, 0.15) is 0 Å².